The molecule has 92 valence electrons. The Balaban J connectivity index is 2.19. The summed E-state index contributed by atoms with van der Waals surface area (Å²) in [4.78, 5) is 11.8. The molecule has 1 saturated carbocycles. The lowest BCUT2D eigenvalue weighted by atomic mass is 9.76. The molecule has 0 bridgehead atoms. The minimum Gasteiger partial charge on any atom is -0.328 e. The summed E-state index contributed by atoms with van der Waals surface area (Å²) in [6.45, 7) is 0. The predicted molar refractivity (Wildman–Crippen MR) is 56.5 cm³/mol. The van der Waals surface area contributed by atoms with E-state index in [1.54, 1.807) is 0 Å². The van der Waals surface area contributed by atoms with Gasteiger partial charge in [0.15, 0.2) is 5.78 Å². The number of halogens is 3. The number of rotatable bonds is 2. The van der Waals surface area contributed by atoms with Gasteiger partial charge in [0.25, 0.3) is 0 Å². The summed E-state index contributed by atoms with van der Waals surface area (Å²) in [7, 11) is 0. The Bertz CT molecular complexity index is 436. The zero-order valence-corrected chi connectivity index (χ0v) is 9.00. The number of alkyl halides is 3. The number of hydrogen-bond donors (Lipinski definition) is 1. The van der Waals surface area contributed by atoms with Crippen LogP contribution in [0.2, 0.25) is 0 Å². The maximum atomic E-state index is 12.5. The zero-order chi connectivity index (χ0) is 12.6. The van der Waals surface area contributed by atoms with Crippen LogP contribution in [0.1, 0.15) is 28.8 Å². The first-order valence-corrected chi connectivity index (χ1v) is 5.35. The van der Waals surface area contributed by atoms with E-state index < -0.39 is 11.7 Å². The van der Waals surface area contributed by atoms with E-state index in [-0.39, 0.29) is 23.3 Å². The van der Waals surface area contributed by atoms with Crippen LogP contribution in [0.15, 0.2) is 24.3 Å². The molecule has 0 aliphatic heterocycles. The number of Topliss-reactive ketones (excluding diaryl/α,β-unsaturated/α-hetero) is 1. The highest BCUT2D eigenvalue weighted by Gasteiger charge is 2.34. The van der Waals surface area contributed by atoms with Crippen molar-refractivity contribution in [2.24, 2.45) is 11.7 Å². The van der Waals surface area contributed by atoms with E-state index in [0.717, 1.165) is 12.1 Å². The second-order valence-electron chi connectivity index (χ2n) is 4.37. The van der Waals surface area contributed by atoms with Crippen molar-refractivity contribution >= 4 is 5.78 Å². The molecule has 2 nitrogen and oxygen atoms in total. The van der Waals surface area contributed by atoms with Gasteiger partial charge in [0.2, 0.25) is 0 Å². The van der Waals surface area contributed by atoms with Gasteiger partial charge < -0.3 is 5.73 Å². The van der Waals surface area contributed by atoms with Gasteiger partial charge in [-0.2, -0.15) is 13.2 Å². The molecule has 0 radical (unpaired) electrons. The summed E-state index contributed by atoms with van der Waals surface area (Å²) in [5.74, 6) is -0.453. The van der Waals surface area contributed by atoms with Gasteiger partial charge in [-0.25, -0.2) is 0 Å². The lowest BCUT2D eigenvalue weighted by molar-refractivity contribution is -0.137. The average Bonchev–Trinajstić information content (AvgIpc) is 2.23. The molecule has 0 unspecified atom stereocenters. The number of carbonyl (C=O) groups excluding carboxylic acids is 1. The van der Waals surface area contributed by atoms with Gasteiger partial charge >= 0.3 is 6.18 Å². The van der Waals surface area contributed by atoms with E-state index in [1.807, 2.05) is 0 Å². The molecule has 0 saturated heterocycles. The maximum absolute atomic E-state index is 12.5. The van der Waals surface area contributed by atoms with Crippen molar-refractivity contribution in [3.8, 4) is 0 Å². The lowest BCUT2D eigenvalue weighted by Gasteiger charge is -2.31. The summed E-state index contributed by atoms with van der Waals surface area (Å²) < 4.78 is 37.4. The predicted octanol–water partition coefficient (Wildman–Crippen LogP) is 2.63. The van der Waals surface area contributed by atoms with E-state index in [1.165, 1.54) is 12.1 Å². The second-order valence-corrected chi connectivity index (χ2v) is 4.37. The average molecular weight is 243 g/mol. The van der Waals surface area contributed by atoms with Crippen molar-refractivity contribution in [2.45, 2.75) is 25.1 Å². The Labute approximate surface area is 96.6 Å². The van der Waals surface area contributed by atoms with Crippen LogP contribution in [0.4, 0.5) is 13.2 Å². The topological polar surface area (TPSA) is 43.1 Å². The third kappa shape index (κ3) is 2.49. The molecule has 1 aliphatic carbocycles. The first-order chi connectivity index (χ1) is 7.88. The summed E-state index contributed by atoms with van der Waals surface area (Å²) >= 11 is 0. The molecule has 1 aromatic rings. The van der Waals surface area contributed by atoms with Crippen LogP contribution in [0.3, 0.4) is 0 Å². The van der Waals surface area contributed by atoms with Gasteiger partial charge in [0.1, 0.15) is 0 Å². The monoisotopic (exact) mass is 243 g/mol. The van der Waals surface area contributed by atoms with Crippen molar-refractivity contribution in [3.05, 3.63) is 35.4 Å². The van der Waals surface area contributed by atoms with Gasteiger partial charge in [-0.1, -0.05) is 12.1 Å². The van der Waals surface area contributed by atoms with E-state index >= 15 is 0 Å². The molecule has 5 heteroatoms. The minimum absolute atomic E-state index is 0.00903. The highest BCUT2D eigenvalue weighted by atomic mass is 19.4. The van der Waals surface area contributed by atoms with Crippen LogP contribution in [0.25, 0.3) is 0 Å². The van der Waals surface area contributed by atoms with Gasteiger partial charge in [-0.05, 0) is 25.0 Å². The number of nitrogens with two attached hydrogens (primary N) is 1. The quantitative estimate of drug-likeness (QED) is 0.811. The largest absolute Gasteiger partial charge is 0.416 e. The maximum Gasteiger partial charge on any atom is 0.416 e. The molecule has 17 heavy (non-hydrogen) atoms. The summed E-state index contributed by atoms with van der Waals surface area (Å²) in [5.41, 5.74) is 4.89. The highest BCUT2D eigenvalue weighted by Crippen LogP contribution is 2.32. The van der Waals surface area contributed by atoms with Crippen molar-refractivity contribution in [3.63, 3.8) is 0 Å². The van der Waals surface area contributed by atoms with Crippen LogP contribution in [-0.2, 0) is 6.18 Å². The molecule has 0 atom stereocenters. The SMILES string of the molecule is NC1CC(C(=O)c2cccc(C(F)(F)F)c2)C1. The summed E-state index contributed by atoms with van der Waals surface area (Å²) in [5, 5.41) is 0. The van der Waals surface area contributed by atoms with Crippen molar-refractivity contribution in [1.29, 1.82) is 0 Å². The van der Waals surface area contributed by atoms with Gasteiger partial charge in [-0.15, -0.1) is 0 Å². The zero-order valence-electron chi connectivity index (χ0n) is 9.00. The normalized spacial score (nSPS) is 24.2. The smallest absolute Gasteiger partial charge is 0.328 e. The third-order valence-corrected chi connectivity index (χ3v) is 3.02. The van der Waals surface area contributed by atoms with E-state index in [2.05, 4.69) is 0 Å². The molecule has 1 aliphatic rings. The van der Waals surface area contributed by atoms with E-state index in [0.29, 0.717) is 12.8 Å². The summed E-state index contributed by atoms with van der Waals surface area (Å²) in [6, 6.07) is 4.56. The molecule has 1 fully saturated rings. The molecule has 0 heterocycles. The van der Waals surface area contributed by atoms with Crippen molar-refractivity contribution < 1.29 is 18.0 Å². The fourth-order valence-electron chi connectivity index (χ4n) is 1.96. The molecule has 2 rings (SSSR count). The molecule has 0 amide bonds. The molecule has 0 spiro atoms. The Morgan fingerprint density at radius 1 is 1.29 bits per heavy atom. The minimum atomic E-state index is -4.41. The van der Waals surface area contributed by atoms with Crippen LogP contribution >= 0.6 is 0 Å². The lowest BCUT2D eigenvalue weighted by Crippen LogP contribution is -2.40. The number of hydrogen-bond acceptors (Lipinski definition) is 2. The van der Waals surface area contributed by atoms with Gasteiger partial charge in [0.05, 0.1) is 5.56 Å². The molecular weight excluding hydrogens is 231 g/mol. The fraction of sp³-hybridized carbons (Fsp3) is 0.417. The molecule has 0 aromatic heterocycles. The standard InChI is InChI=1S/C12H12F3NO/c13-12(14,15)9-3-1-2-7(4-9)11(17)8-5-10(16)6-8/h1-4,8,10H,5-6,16H2. The van der Waals surface area contributed by atoms with Crippen LogP contribution in [0, 0.1) is 5.92 Å². The Morgan fingerprint density at radius 2 is 1.94 bits per heavy atom. The van der Waals surface area contributed by atoms with Crippen LogP contribution < -0.4 is 5.73 Å². The first-order valence-electron chi connectivity index (χ1n) is 5.35. The van der Waals surface area contributed by atoms with Crippen molar-refractivity contribution in [2.75, 3.05) is 0 Å². The van der Waals surface area contributed by atoms with Crippen LogP contribution in [-0.4, -0.2) is 11.8 Å². The second kappa shape index (κ2) is 4.14. The summed E-state index contributed by atoms with van der Waals surface area (Å²) in [6.07, 6.45) is -3.28. The third-order valence-electron chi connectivity index (χ3n) is 3.02. The first kappa shape index (κ1) is 12.1. The van der Waals surface area contributed by atoms with Gasteiger partial charge in [0, 0.05) is 17.5 Å². The number of carbonyl (C=O) groups is 1. The molecular formula is C12H12F3NO. The van der Waals surface area contributed by atoms with E-state index in [9.17, 15) is 18.0 Å². The number of benzene rings is 1. The Hall–Kier alpha value is -1.36. The highest BCUT2D eigenvalue weighted by molar-refractivity contribution is 5.98. The van der Waals surface area contributed by atoms with Crippen LogP contribution in [0.5, 0.6) is 0 Å². The van der Waals surface area contributed by atoms with E-state index in [4.69, 9.17) is 5.73 Å². The molecule has 2 N–H and O–H groups in total. The van der Waals surface area contributed by atoms with Gasteiger partial charge in [-0.3, -0.25) is 4.79 Å². The Kier molecular flexibility index (Phi) is 2.95. The number of ketones is 1. The Morgan fingerprint density at radius 3 is 2.47 bits per heavy atom. The fourth-order valence-corrected chi connectivity index (χ4v) is 1.96. The molecule has 1 aromatic carbocycles. The van der Waals surface area contributed by atoms with Crippen molar-refractivity contribution in [1.82, 2.24) is 0 Å².